The molecule has 1 amide bonds. The molecule has 0 bridgehead atoms. The average molecular weight is 240 g/mol. The number of fused-ring (bicyclic) bond motifs is 1. The number of hydrogen-bond donors (Lipinski definition) is 2. The van der Waals surface area contributed by atoms with Crippen molar-refractivity contribution in [1.29, 1.82) is 0 Å². The van der Waals surface area contributed by atoms with E-state index >= 15 is 0 Å². The van der Waals surface area contributed by atoms with Gasteiger partial charge in [-0.2, -0.15) is 0 Å². The second-order valence-electron chi connectivity index (χ2n) is 4.89. The van der Waals surface area contributed by atoms with Crippen molar-refractivity contribution in [1.82, 2.24) is 10.6 Å². The average Bonchev–Trinajstić information content (AvgIpc) is 2.49. The lowest BCUT2D eigenvalue weighted by Crippen LogP contribution is -2.48. The molecule has 1 heterocycles. The van der Waals surface area contributed by atoms with E-state index in [1.165, 1.54) is 20.0 Å². The van der Waals surface area contributed by atoms with Gasteiger partial charge in [0.1, 0.15) is 0 Å². The van der Waals surface area contributed by atoms with E-state index in [0.29, 0.717) is 12.6 Å². The summed E-state index contributed by atoms with van der Waals surface area (Å²) in [6.07, 6.45) is 4.69. The second kappa shape index (κ2) is 5.49. The Morgan fingerprint density at radius 2 is 2.06 bits per heavy atom. The summed E-state index contributed by atoms with van der Waals surface area (Å²) in [6.45, 7) is 0.572. The number of rotatable bonds is 2. The first-order chi connectivity index (χ1) is 8.20. The number of hydrogen-bond acceptors (Lipinski definition) is 4. The van der Waals surface area contributed by atoms with Crippen LogP contribution in [0.1, 0.15) is 32.1 Å². The molecule has 2 aliphatic rings. The third kappa shape index (κ3) is 2.97. The van der Waals surface area contributed by atoms with Crippen LogP contribution in [-0.2, 0) is 14.3 Å². The number of carbonyl (C=O) groups is 2. The smallest absolute Gasteiger partial charge is 0.306 e. The lowest BCUT2D eigenvalue weighted by Gasteiger charge is -2.30. The van der Waals surface area contributed by atoms with E-state index in [2.05, 4.69) is 15.4 Å². The maximum absolute atomic E-state index is 12.0. The molecular weight excluding hydrogens is 220 g/mol. The highest BCUT2D eigenvalue weighted by Crippen LogP contribution is 2.21. The third-order valence-electron chi connectivity index (χ3n) is 3.73. The largest absolute Gasteiger partial charge is 0.469 e. The predicted molar refractivity (Wildman–Crippen MR) is 62.3 cm³/mol. The maximum atomic E-state index is 12.0. The fourth-order valence-electron chi connectivity index (χ4n) is 2.68. The van der Waals surface area contributed by atoms with E-state index < -0.39 is 0 Å². The minimum atomic E-state index is -0.322. The maximum Gasteiger partial charge on any atom is 0.306 e. The Hall–Kier alpha value is -1.10. The molecule has 1 saturated heterocycles. The van der Waals surface area contributed by atoms with Crippen LogP contribution in [-0.4, -0.2) is 37.6 Å². The quantitative estimate of drug-likeness (QED) is 0.676. The summed E-state index contributed by atoms with van der Waals surface area (Å²) < 4.78 is 4.61. The van der Waals surface area contributed by atoms with Gasteiger partial charge in [-0.3, -0.25) is 9.59 Å². The number of ether oxygens (including phenoxy) is 1. The van der Waals surface area contributed by atoms with Crippen LogP contribution in [0.15, 0.2) is 0 Å². The van der Waals surface area contributed by atoms with Gasteiger partial charge in [0.2, 0.25) is 5.91 Å². The van der Waals surface area contributed by atoms with Crippen LogP contribution in [0.4, 0.5) is 0 Å². The molecule has 17 heavy (non-hydrogen) atoms. The van der Waals surface area contributed by atoms with Gasteiger partial charge in [-0.05, 0) is 12.8 Å². The van der Waals surface area contributed by atoms with Crippen molar-refractivity contribution in [2.24, 2.45) is 5.92 Å². The summed E-state index contributed by atoms with van der Waals surface area (Å²) in [5.74, 6) is -0.637. The van der Waals surface area contributed by atoms with Gasteiger partial charge in [0.25, 0.3) is 0 Å². The minimum absolute atomic E-state index is 0.0164. The van der Waals surface area contributed by atoms with Crippen molar-refractivity contribution in [2.75, 3.05) is 13.7 Å². The van der Waals surface area contributed by atoms with Crippen LogP contribution in [0.5, 0.6) is 0 Å². The molecule has 2 rings (SSSR count). The summed E-state index contributed by atoms with van der Waals surface area (Å²) in [5, 5.41) is 6.45. The number of amides is 1. The first-order valence-electron chi connectivity index (χ1n) is 6.31. The highest BCUT2D eigenvalue weighted by molar-refractivity contribution is 5.84. The van der Waals surface area contributed by atoms with Crippen LogP contribution >= 0.6 is 0 Å². The molecule has 1 aliphatic heterocycles. The Balaban J connectivity index is 1.97. The van der Waals surface area contributed by atoms with Crippen molar-refractivity contribution in [3.05, 3.63) is 0 Å². The van der Waals surface area contributed by atoms with E-state index in [-0.39, 0.29) is 30.3 Å². The molecule has 96 valence electrons. The van der Waals surface area contributed by atoms with E-state index in [0.717, 1.165) is 12.8 Å². The monoisotopic (exact) mass is 240 g/mol. The molecule has 3 atom stereocenters. The number of carbonyl (C=O) groups excluding carboxylic acids is 2. The van der Waals surface area contributed by atoms with Gasteiger partial charge in [-0.15, -0.1) is 0 Å². The zero-order valence-electron chi connectivity index (χ0n) is 10.2. The topological polar surface area (TPSA) is 67.4 Å². The van der Waals surface area contributed by atoms with Crippen LogP contribution in [0, 0.1) is 5.92 Å². The van der Waals surface area contributed by atoms with Crippen molar-refractivity contribution < 1.29 is 14.3 Å². The number of nitrogens with one attached hydrogen (secondary N) is 2. The first-order valence-corrected chi connectivity index (χ1v) is 6.31. The molecule has 5 nitrogen and oxygen atoms in total. The third-order valence-corrected chi connectivity index (χ3v) is 3.73. The minimum Gasteiger partial charge on any atom is -0.469 e. The Bertz CT molecular complexity index is 306. The fourth-order valence-corrected chi connectivity index (χ4v) is 2.68. The lowest BCUT2D eigenvalue weighted by molar-refractivity contribution is -0.144. The zero-order chi connectivity index (χ0) is 12.3. The number of methoxy groups -OCH3 is 1. The van der Waals surface area contributed by atoms with Gasteiger partial charge >= 0.3 is 5.97 Å². The lowest BCUT2D eigenvalue weighted by atomic mass is 9.91. The van der Waals surface area contributed by atoms with E-state index in [4.69, 9.17) is 0 Å². The Kier molecular flexibility index (Phi) is 3.99. The van der Waals surface area contributed by atoms with Crippen LogP contribution < -0.4 is 10.6 Å². The molecule has 0 spiro atoms. The molecule has 0 unspecified atom stereocenters. The van der Waals surface area contributed by atoms with Gasteiger partial charge in [-0.1, -0.05) is 12.8 Å². The zero-order valence-corrected chi connectivity index (χ0v) is 10.2. The van der Waals surface area contributed by atoms with Crippen LogP contribution in [0.25, 0.3) is 0 Å². The number of esters is 1. The molecular formula is C12H20N2O3. The standard InChI is InChI=1S/C12H20N2O3/c1-17-11(15)6-8-7-13-9-4-2-3-5-10(9)14-12(8)16/h8-10,13H,2-7H2,1H3,(H,14,16)/t8-,9+,10-/m0/s1. The molecule has 5 heteroatoms. The Morgan fingerprint density at radius 1 is 1.35 bits per heavy atom. The van der Waals surface area contributed by atoms with E-state index in [9.17, 15) is 9.59 Å². The van der Waals surface area contributed by atoms with Crippen molar-refractivity contribution in [2.45, 2.75) is 44.2 Å². The predicted octanol–water partition coefficient (Wildman–Crippen LogP) is 0.196. The molecule has 2 N–H and O–H groups in total. The highest BCUT2D eigenvalue weighted by atomic mass is 16.5. The molecule has 0 aromatic heterocycles. The summed E-state index contributed by atoms with van der Waals surface area (Å²) in [4.78, 5) is 23.2. The first kappa shape index (κ1) is 12.4. The molecule has 1 saturated carbocycles. The van der Waals surface area contributed by atoms with Gasteiger partial charge in [-0.25, -0.2) is 0 Å². The normalized spacial score (nSPS) is 33.2. The van der Waals surface area contributed by atoms with Gasteiger partial charge in [0.15, 0.2) is 0 Å². The van der Waals surface area contributed by atoms with Gasteiger partial charge in [0.05, 0.1) is 19.4 Å². The summed E-state index contributed by atoms with van der Waals surface area (Å²) in [6, 6.07) is 0.606. The SMILES string of the molecule is COC(=O)C[C@H]1CN[C@@H]2CCCC[C@@H]2NC1=O. The molecule has 2 fully saturated rings. The van der Waals surface area contributed by atoms with Crippen LogP contribution in [0.2, 0.25) is 0 Å². The van der Waals surface area contributed by atoms with Gasteiger partial charge < -0.3 is 15.4 Å². The Morgan fingerprint density at radius 3 is 2.76 bits per heavy atom. The Labute approximate surface area is 101 Å². The van der Waals surface area contributed by atoms with Crippen molar-refractivity contribution >= 4 is 11.9 Å². The molecule has 0 radical (unpaired) electrons. The highest BCUT2D eigenvalue weighted by Gasteiger charge is 2.33. The summed E-state index contributed by atoms with van der Waals surface area (Å²) in [5.41, 5.74) is 0. The molecule has 1 aliphatic carbocycles. The molecule has 0 aromatic rings. The van der Waals surface area contributed by atoms with Crippen molar-refractivity contribution in [3.8, 4) is 0 Å². The second-order valence-corrected chi connectivity index (χ2v) is 4.89. The molecule has 0 aromatic carbocycles. The van der Waals surface area contributed by atoms with Gasteiger partial charge in [0, 0.05) is 18.6 Å². The summed E-state index contributed by atoms with van der Waals surface area (Å²) in [7, 11) is 1.35. The van der Waals surface area contributed by atoms with Crippen LogP contribution in [0.3, 0.4) is 0 Å². The van der Waals surface area contributed by atoms with Crippen molar-refractivity contribution in [3.63, 3.8) is 0 Å². The van der Waals surface area contributed by atoms with E-state index in [1.807, 2.05) is 0 Å². The fraction of sp³-hybridized carbons (Fsp3) is 0.833. The summed E-state index contributed by atoms with van der Waals surface area (Å²) >= 11 is 0. The van der Waals surface area contributed by atoms with E-state index in [1.54, 1.807) is 0 Å².